The molecule has 0 saturated carbocycles. The van der Waals surface area contributed by atoms with Crippen LogP contribution in [-0.2, 0) is 6.18 Å². The van der Waals surface area contributed by atoms with Crippen LogP contribution in [0.4, 0.5) is 13.2 Å². The third kappa shape index (κ3) is 3.56. The van der Waals surface area contributed by atoms with Gasteiger partial charge < -0.3 is 4.74 Å². The Morgan fingerprint density at radius 3 is 2.29 bits per heavy atom. The predicted octanol–water partition coefficient (Wildman–Crippen LogP) is 5.44. The molecule has 0 fully saturated rings. The van der Waals surface area contributed by atoms with Crippen molar-refractivity contribution in [1.29, 1.82) is 5.26 Å². The van der Waals surface area contributed by atoms with Gasteiger partial charge in [-0.3, -0.25) is 0 Å². The van der Waals surface area contributed by atoms with Crippen molar-refractivity contribution < 1.29 is 17.9 Å². The molecule has 0 aliphatic carbocycles. The molecule has 0 saturated heterocycles. The maximum absolute atomic E-state index is 12.9. The fourth-order valence-electron chi connectivity index (χ4n) is 1.74. The van der Waals surface area contributed by atoms with Crippen LogP contribution in [0, 0.1) is 18.3 Å². The van der Waals surface area contributed by atoms with E-state index in [9.17, 15) is 13.2 Å². The van der Waals surface area contributed by atoms with Gasteiger partial charge in [-0.25, -0.2) is 0 Å². The molecule has 0 heterocycles. The van der Waals surface area contributed by atoms with Gasteiger partial charge in [0.25, 0.3) is 0 Å². The first kappa shape index (κ1) is 15.4. The summed E-state index contributed by atoms with van der Waals surface area (Å²) in [5.41, 5.74) is -0.532. The zero-order valence-electron chi connectivity index (χ0n) is 10.8. The summed E-state index contributed by atoms with van der Waals surface area (Å²) in [5.74, 6) is 0.455. The first-order chi connectivity index (χ1) is 9.81. The number of aryl methyl sites for hydroxylation is 1. The lowest BCUT2D eigenvalue weighted by Gasteiger charge is -2.12. The molecule has 0 amide bonds. The van der Waals surface area contributed by atoms with E-state index in [-0.39, 0.29) is 5.75 Å². The molecule has 0 radical (unpaired) electrons. The van der Waals surface area contributed by atoms with Crippen LogP contribution < -0.4 is 4.74 Å². The highest BCUT2D eigenvalue weighted by molar-refractivity contribution is 9.10. The Balaban J connectivity index is 2.37. The lowest BCUT2D eigenvalue weighted by Crippen LogP contribution is -2.07. The number of ether oxygens (including phenoxy) is 1. The third-order valence-electron chi connectivity index (χ3n) is 2.78. The molecule has 0 atom stereocenters. The van der Waals surface area contributed by atoms with Crippen LogP contribution >= 0.6 is 15.9 Å². The Morgan fingerprint density at radius 2 is 1.71 bits per heavy atom. The van der Waals surface area contributed by atoms with E-state index in [0.29, 0.717) is 5.75 Å². The maximum Gasteiger partial charge on any atom is 0.417 e. The SMILES string of the molecule is Cc1cc(Oc2ccc(C#N)c(C(F)(F)F)c2)ccc1Br. The van der Waals surface area contributed by atoms with Crippen molar-refractivity contribution >= 4 is 15.9 Å². The number of nitriles is 1. The van der Waals surface area contributed by atoms with Gasteiger partial charge in [-0.2, -0.15) is 18.4 Å². The Kier molecular flexibility index (Phi) is 4.24. The molecule has 0 bridgehead atoms. The number of hydrogen-bond donors (Lipinski definition) is 0. The van der Waals surface area contributed by atoms with Crippen molar-refractivity contribution in [3.05, 3.63) is 57.6 Å². The summed E-state index contributed by atoms with van der Waals surface area (Å²) in [7, 11) is 0. The second-order valence-corrected chi connectivity index (χ2v) is 5.18. The van der Waals surface area contributed by atoms with Crippen LogP contribution in [0.1, 0.15) is 16.7 Å². The number of benzene rings is 2. The van der Waals surface area contributed by atoms with E-state index in [1.165, 1.54) is 12.1 Å². The lowest BCUT2D eigenvalue weighted by molar-refractivity contribution is -0.137. The van der Waals surface area contributed by atoms with Gasteiger partial charge in [0.05, 0.1) is 17.2 Å². The Morgan fingerprint density at radius 1 is 1.10 bits per heavy atom. The van der Waals surface area contributed by atoms with Crippen molar-refractivity contribution in [3.63, 3.8) is 0 Å². The van der Waals surface area contributed by atoms with Gasteiger partial charge >= 0.3 is 6.18 Å². The lowest BCUT2D eigenvalue weighted by atomic mass is 10.1. The standard InChI is InChI=1S/C15H9BrF3NO/c1-9-6-11(4-5-14(9)16)21-12-3-2-10(8-20)13(7-12)15(17,18)19/h2-7H,1H3. The normalized spacial score (nSPS) is 11.0. The van der Waals surface area contributed by atoms with Crippen molar-refractivity contribution in [2.24, 2.45) is 0 Å². The summed E-state index contributed by atoms with van der Waals surface area (Å²) in [6, 6.07) is 9.89. The van der Waals surface area contributed by atoms with Crippen LogP contribution in [0.25, 0.3) is 0 Å². The number of rotatable bonds is 2. The minimum absolute atomic E-state index is 0.0306. The molecule has 2 aromatic rings. The minimum atomic E-state index is -4.60. The molecule has 2 aromatic carbocycles. The van der Waals surface area contributed by atoms with Crippen LogP contribution in [-0.4, -0.2) is 0 Å². The van der Waals surface area contributed by atoms with E-state index in [0.717, 1.165) is 22.2 Å². The smallest absolute Gasteiger partial charge is 0.417 e. The molecule has 0 N–H and O–H groups in total. The van der Waals surface area contributed by atoms with E-state index >= 15 is 0 Å². The zero-order chi connectivity index (χ0) is 15.6. The monoisotopic (exact) mass is 355 g/mol. The molecule has 6 heteroatoms. The van der Waals surface area contributed by atoms with E-state index in [1.807, 2.05) is 6.92 Å². The van der Waals surface area contributed by atoms with Gasteiger partial charge in [0.15, 0.2) is 0 Å². The fourth-order valence-corrected chi connectivity index (χ4v) is 1.98. The predicted molar refractivity (Wildman–Crippen MR) is 75.1 cm³/mol. The van der Waals surface area contributed by atoms with Gasteiger partial charge in [0.1, 0.15) is 11.5 Å². The van der Waals surface area contributed by atoms with E-state index in [1.54, 1.807) is 18.2 Å². The van der Waals surface area contributed by atoms with Gasteiger partial charge in [-0.15, -0.1) is 0 Å². The highest BCUT2D eigenvalue weighted by atomic mass is 79.9. The highest BCUT2D eigenvalue weighted by Gasteiger charge is 2.34. The number of halogens is 4. The van der Waals surface area contributed by atoms with Gasteiger partial charge in [-0.1, -0.05) is 15.9 Å². The Hall–Kier alpha value is -2.00. The first-order valence-electron chi connectivity index (χ1n) is 5.86. The maximum atomic E-state index is 12.9. The van der Waals surface area contributed by atoms with E-state index in [4.69, 9.17) is 10.00 Å². The second kappa shape index (κ2) is 5.78. The molecule has 108 valence electrons. The van der Waals surface area contributed by atoms with E-state index < -0.39 is 17.3 Å². The molecular formula is C15H9BrF3NO. The Bertz CT molecular complexity index is 720. The summed E-state index contributed by atoms with van der Waals surface area (Å²) in [6.07, 6.45) is -4.60. The molecule has 0 aromatic heterocycles. The second-order valence-electron chi connectivity index (χ2n) is 4.33. The summed E-state index contributed by atoms with van der Waals surface area (Å²) in [5, 5.41) is 8.73. The highest BCUT2D eigenvalue weighted by Crippen LogP contribution is 2.35. The average Bonchev–Trinajstić information content (AvgIpc) is 2.42. The van der Waals surface area contributed by atoms with Gasteiger partial charge in [0, 0.05) is 4.47 Å². The summed E-state index contributed by atoms with van der Waals surface area (Å²) < 4.78 is 44.9. The summed E-state index contributed by atoms with van der Waals surface area (Å²) >= 11 is 3.33. The third-order valence-corrected chi connectivity index (χ3v) is 3.67. The fraction of sp³-hybridized carbons (Fsp3) is 0.133. The molecule has 0 spiro atoms. The number of hydrogen-bond acceptors (Lipinski definition) is 2. The van der Waals surface area contributed by atoms with Gasteiger partial charge in [-0.05, 0) is 48.9 Å². The minimum Gasteiger partial charge on any atom is -0.457 e. The van der Waals surface area contributed by atoms with Crippen molar-refractivity contribution in [2.75, 3.05) is 0 Å². The van der Waals surface area contributed by atoms with Crippen molar-refractivity contribution in [3.8, 4) is 17.6 Å². The molecule has 0 unspecified atom stereocenters. The van der Waals surface area contributed by atoms with Crippen LogP contribution in [0.15, 0.2) is 40.9 Å². The van der Waals surface area contributed by atoms with Crippen LogP contribution in [0.3, 0.4) is 0 Å². The molecular weight excluding hydrogens is 347 g/mol. The zero-order valence-corrected chi connectivity index (χ0v) is 12.4. The van der Waals surface area contributed by atoms with Crippen molar-refractivity contribution in [1.82, 2.24) is 0 Å². The Labute approximate surface area is 127 Å². The number of nitrogens with zero attached hydrogens (tertiary/aromatic N) is 1. The van der Waals surface area contributed by atoms with Crippen LogP contribution in [0.5, 0.6) is 11.5 Å². The quantitative estimate of drug-likeness (QED) is 0.718. The van der Waals surface area contributed by atoms with Gasteiger partial charge in [0.2, 0.25) is 0 Å². The van der Waals surface area contributed by atoms with E-state index in [2.05, 4.69) is 15.9 Å². The molecule has 21 heavy (non-hydrogen) atoms. The molecule has 2 nitrogen and oxygen atoms in total. The molecule has 0 aliphatic rings. The largest absolute Gasteiger partial charge is 0.457 e. The van der Waals surface area contributed by atoms with Crippen LogP contribution in [0.2, 0.25) is 0 Å². The first-order valence-corrected chi connectivity index (χ1v) is 6.66. The summed E-state index contributed by atoms with van der Waals surface area (Å²) in [6.45, 7) is 1.84. The number of alkyl halides is 3. The van der Waals surface area contributed by atoms with Crippen molar-refractivity contribution in [2.45, 2.75) is 13.1 Å². The summed E-state index contributed by atoms with van der Waals surface area (Å²) in [4.78, 5) is 0. The topological polar surface area (TPSA) is 33.0 Å². The average molecular weight is 356 g/mol. The molecule has 0 aliphatic heterocycles. The molecule has 2 rings (SSSR count).